The topological polar surface area (TPSA) is 75.1 Å². The predicted molar refractivity (Wildman–Crippen MR) is 64.3 cm³/mol. The van der Waals surface area contributed by atoms with Gasteiger partial charge in [-0.25, -0.2) is 0 Å². The fourth-order valence-corrected chi connectivity index (χ4v) is 1.53. The van der Waals surface area contributed by atoms with Crippen molar-refractivity contribution >= 4 is 5.97 Å². The normalized spacial score (nSPS) is 11.4. The van der Waals surface area contributed by atoms with Crippen molar-refractivity contribution < 1.29 is 9.53 Å². The average molecular weight is 233 g/mol. The van der Waals surface area contributed by atoms with E-state index in [1.165, 1.54) is 7.11 Å². The molecule has 90 valence electrons. The van der Waals surface area contributed by atoms with Gasteiger partial charge in [-0.1, -0.05) is 35.4 Å². The molecule has 17 heavy (non-hydrogen) atoms. The molecule has 0 aliphatic rings. The first-order valence-corrected chi connectivity index (χ1v) is 5.41. The van der Waals surface area contributed by atoms with Crippen LogP contribution >= 0.6 is 0 Å². The summed E-state index contributed by atoms with van der Waals surface area (Å²) in [5.41, 5.74) is 9.59. The second kappa shape index (κ2) is 7.30. The van der Waals surface area contributed by atoms with Crippen molar-refractivity contribution in [2.45, 2.75) is 25.3 Å². The lowest BCUT2D eigenvalue weighted by atomic mass is 10.0. The van der Waals surface area contributed by atoms with E-state index in [1.807, 2.05) is 30.3 Å². The summed E-state index contributed by atoms with van der Waals surface area (Å²) in [5.74, 6) is -0.351. The first-order chi connectivity index (χ1) is 8.26. The summed E-state index contributed by atoms with van der Waals surface area (Å²) in [5, 5.41) is 3.61. The van der Waals surface area contributed by atoms with E-state index in [0.29, 0.717) is 6.42 Å². The third kappa shape index (κ3) is 5.04. The van der Waals surface area contributed by atoms with Gasteiger partial charge in [0.1, 0.15) is 0 Å². The Balaban J connectivity index is 2.50. The molecule has 0 saturated carbocycles. The number of methoxy groups -OCH3 is 1. The highest BCUT2D eigenvalue weighted by molar-refractivity contribution is 5.69. The van der Waals surface area contributed by atoms with E-state index in [-0.39, 0.29) is 18.4 Å². The van der Waals surface area contributed by atoms with E-state index in [0.717, 1.165) is 12.0 Å². The second-order valence-corrected chi connectivity index (χ2v) is 3.66. The van der Waals surface area contributed by atoms with Crippen LogP contribution in [0.25, 0.3) is 10.4 Å². The highest BCUT2D eigenvalue weighted by atomic mass is 16.5. The van der Waals surface area contributed by atoms with Crippen molar-refractivity contribution in [1.29, 1.82) is 0 Å². The SMILES string of the molecule is COC(=O)C[C@@H](CCc1ccccc1)N=[N+]=[N-]. The maximum Gasteiger partial charge on any atom is 0.305 e. The average Bonchev–Trinajstić information content (AvgIpc) is 2.37. The van der Waals surface area contributed by atoms with Crippen LogP contribution in [-0.2, 0) is 16.0 Å². The molecule has 0 N–H and O–H groups in total. The fraction of sp³-hybridized carbons (Fsp3) is 0.417. The molecule has 1 aromatic carbocycles. The van der Waals surface area contributed by atoms with Crippen molar-refractivity contribution in [2.24, 2.45) is 5.11 Å². The zero-order valence-corrected chi connectivity index (χ0v) is 9.74. The molecule has 0 spiro atoms. The predicted octanol–water partition coefficient (Wildman–Crippen LogP) is 2.86. The molecule has 0 aliphatic carbocycles. The van der Waals surface area contributed by atoms with Gasteiger partial charge in [-0.3, -0.25) is 4.79 Å². The molecule has 5 nitrogen and oxygen atoms in total. The number of hydrogen-bond acceptors (Lipinski definition) is 3. The van der Waals surface area contributed by atoms with Gasteiger partial charge in [0.2, 0.25) is 0 Å². The van der Waals surface area contributed by atoms with Crippen LogP contribution < -0.4 is 0 Å². The summed E-state index contributed by atoms with van der Waals surface area (Å²) < 4.78 is 4.56. The molecule has 1 rings (SSSR count). The van der Waals surface area contributed by atoms with Crippen molar-refractivity contribution in [3.05, 3.63) is 46.3 Å². The molecular formula is C12H15N3O2. The molecule has 0 heterocycles. The Labute approximate surface area is 100 Å². The van der Waals surface area contributed by atoms with E-state index >= 15 is 0 Å². The second-order valence-electron chi connectivity index (χ2n) is 3.66. The summed E-state index contributed by atoms with van der Waals surface area (Å²) >= 11 is 0. The van der Waals surface area contributed by atoms with Gasteiger partial charge in [-0.15, -0.1) is 0 Å². The lowest BCUT2D eigenvalue weighted by Gasteiger charge is -2.09. The van der Waals surface area contributed by atoms with Crippen molar-refractivity contribution in [3.63, 3.8) is 0 Å². The fourth-order valence-electron chi connectivity index (χ4n) is 1.53. The molecule has 1 atom stereocenters. The Kier molecular flexibility index (Phi) is 5.61. The van der Waals surface area contributed by atoms with Crippen LogP contribution in [0.15, 0.2) is 35.4 Å². The number of carbonyl (C=O) groups excluding carboxylic acids is 1. The molecule has 0 fully saturated rings. The van der Waals surface area contributed by atoms with Gasteiger partial charge in [0.05, 0.1) is 13.5 Å². The first-order valence-electron chi connectivity index (χ1n) is 5.41. The largest absolute Gasteiger partial charge is 0.469 e. The van der Waals surface area contributed by atoms with E-state index in [2.05, 4.69) is 14.8 Å². The summed E-state index contributed by atoms with van der Waals surface area (Å²) in [7, 11) is 1.33. The third-order valence-electron chi connectivity index (χ3n) is 2.45. The first kappa shape index (κ1) is 13.1. The molecule has 1 aromatic rings. The number of carbonyl (C=O) groups is 1. The van der Waals surface area contributed by atoms with Gasteiger partial charge in [0.15, 0.2) is 0 Å². The van der Waals surface area contributed by atoms with Gasteiger partial charge < -0.3 is 4.74 Å². The molecule has 0 bridgehead atoms. The lowest BCUT2D eigenvalue weighted by molar-refractivity contribution is -0.141. The van der Waals surface area contributed by atoms with Gasteiger partial charge in [-0.05, 0) is 23.9 Å². The van der Waals surface area contributed by atoms with Crippen LogP contribution in [0.1, 0.15) is 18.4 Å². The maximum absolute atomic E-state index is 11.1. The highest BCUT2D eigenvalue weighted by Crippen LogP contribution is 2.11. The molecule has 0 aromatic heterocycles. The van der Waals surface area contributed by atoms with Crippen LogP contribution in [-0.4, -0.2) is 19.1 Å². The molecule has 0 unspecified atom stereocenters. The highest BCUT2D eigenvalue weighted by Gasteiger charge is 2.12. The van der Waals surface area contributed by atoms with Crippen LogP contribution in [0, 0.1) is 0 Å². The number of hydrogen-bond donors (Lipinski definition) is 0. The summed E-state index contributed by atoms with van der Waals surface area (Å²) in [6.07, 6.45) is 1.55. The number of azide groups is 1. The maximum atomic E-state index is 11.1. The van der Waals surface area contributed by atoms with Crippen molar-refractivity contribution in [3.8, 4) is 0 Å². The number of rotatable bonds is 6. The summed E-state index contributed by atoms with van der Waals surface area (Å²) in [4.78, 5) is 13.9. The standard InChI is InChI=1S/C12H15N3O2/c1-17-12(16)9-11(14-15-13)8-7-10-5-3-2-4-6-10/h2-6,11H,7-9H2,1H3/t11-/m1/s1. The number of esters is 1. The van der Waals surface area contributed by atoms with Gasteiger partial charge in [0.25, 0.3) is 0 Å². The van der Waals surface area contributed by atoms with Crippen molar-refractivity contribution in [2.75, 3.05) is 7.11 Å². The zero-order chi connectivity index (χ0) is 12.5. The minimum atomic E-state index is -0.351. The van der Waals surface area contributed by atoms with Crippen LogP contribution in [0.2, 0.25) is 0 Å². The number of aryl methyl sites for hydroxylation is 1. The van der Waals surface area contributed by atoms with E-state index in [1.54, 1.807) is 0 Å². The third-order valence-corrected chi connectivity index (χ3v) is 2.45. The minimum Gasteiger partial charge on any atom is -0.469 e. The molecule has 0 aliphatic heterocycles. The van der Waals surface area contributed by atoms with Crippen LogP contribution in [0.4, 0.5) is 0 Å². The Bertz CT molecular complexity index is 399. The minimum absolute atomic E-state index is 0.132. The quantitative estimate of drug-likeness (QED) is 0.328. The zero-order valence-electron chi connectivity index (χ0n) is 9.74. The molecule has 5 heteroatoms. The molecule has 0 amide bonds. The summed E-state index contributed by atoms with van der Waals surface area (Å²) in [6, 6.07) is 9.53. The molecule has 0 saturated heterocycles. The van der Waals surface area contributed by atoms with Gasteiger partial charge >= 0.3 is 5.97 Å². The molecular weight excluding hydrogens is 218 g/mol. The van der Waals surface area contributed by atoms with Gasteiger partial charge in [0, 0.05) is 11.0 Å². The summed E-state index contributed by atoms with van der Waals surface area (Å²) in [6.45, 7) is 0. The van der Waals surface area contributed by atoms with E-state index in [9.17, 15) is 4.79 Å². The molecule has 0 radical (unpaired) electrons. The van der Waals surface area contributed by atoms with Crippen molar-refractivity contribution in [1.82, 2.24) is 0 Å². The van der Waals surface area contributed by atoms with Crippen LogP contribution in [0.3, 0.4) is 0 Å². The number of nitrogens with zero attached hydrogens (tertiary/aromatic N) is 3. The lowest BCUT2D eigenvalue weighted by Crippen LogP contribution is -2.13. The Morgan fingerprint density at radius 3 is 2.76 bits per heavy atom. The Morgan fingerprint density at radius 2 is 2.18 bits per heavy atom. The smallest absolute Gasteiger partial charge is 0.305 e. The Hall–Kier alpha value is -2.00. The Morgan fingerprint density at radius 1 is 1.47 bits per heavy atom. The van der Waals surface area contributed by atoms with E-state index in [4.69, 9.17) is 5.53 Å². The van der Waals surface area contributed by atoms with Crippen LogP contribution in [0.5, 0.6) is 0 Å². The van der Waals surface area contributed by atoms with Gasteiger partial charge in [-0.2, -0.15) is 0 Å². The monoisotopic (exact) mass is 233 g/mol. The van der Waals surface area contributed by atoms with E-state index < -0.39 is 0 Å². The number of ether oxygens (including phenoxy) is 1. The number of benzene rings is 1.